The summed E-state index contributed by atoms with van der Waals surface area (Å²) in [5.74, 6) is 0.914. The molecule has 0 radical (unpaired) electrons. The standard InChI is InChI=1S/C11H15BrO2S2/c1-7-5-10(8(2)15-7)11(12)9-3-4-16(13,14)6-9/h5,9,11H,3-4,6H2,1-2H3. The van der Waals surface area contributed by atoms with Crippen molar-refractivity contribution in [1.29, 1.82) is 0 Å². The molecule has 1 aromatic heterocycles. The van der Waals surface area contributed by atoms with Crippen molar-refractivity contribution in [2.45, 2.75) is 25.1 Å². The third kappa shape index (κ3) is 2.51. The Bertz CT molecular complexity index is 490. The number of hydrogen-bond donors (Lipinski definition) is 0. The number of thiophene rings is 1. The lowest BCUT2D eigenvalue weighted by Crippen LogP contribution is -2.10. The van der Waals surface area contributed by atoms with Crippen LogP contribution in [0.5, 0.6) is 0 Å². The summed E-state index contributed by atoms with van der Waals surface area (Å²) in [6.07, 6.45) is 0.784. The highest BCUT2D eigenvalue weighted by atomic mass is 79.9. The third-order valence-corrected chi connectivity index (χ3v) is 7.07. The van der Waals surface area contributed by atoms with Gasteiger partial charge in [-0.25, -0.2) is 8.42 Å². The number of hydrogen-bond acceptors (Lipinski definition) is 3. The average Bonchev–Trinajstić information content (AvgIpc) is 2.68. The SMILES string of the molecule is Cc1cc(C(Br)C2CCS(=O)(=O)C2)c(C)s1. The lowest BCUT2D eigenvalue weighted by Gasteiger charge is -2.15. The van der Waals surface area contributed by atoms with Crippen molar-refractivity contribution in [3.8, 4) is 0 Å². The van der Waals surface area contributed by atoms with Crippen molar-refractivity contribution in [3.05, 3.63) is 21.4 Å². The molecule has 2 unspecified atom stereocenters. The molecule has 16 heavy (non-hydrogen) atoms. The van der Waals surface area contributed by atoms with E-state index in [-0.39, 0.29) is 10.7 Å². The quantitative estimate of drug-likeness (QED) is 0.783. The van der Waals surface area contributed by atoms with Gasteiger partial charge in [0.15, 0.2) is 9.84 Å². The van der Waals surface area contributed by atoms with Gasteiger partial charge in [-0.2, -0.15) is 0 Å². The number of aryl methyl sites for hydroxylation is 2. The minimum Gasteiger partial charge on any atom is -0.229 e. The minimum absolute atomic E-state index is 0.190. The van der Waals surface area contributed by atoms with E-state index in [1.165, 1.54) is 15.3 Å². The largest absolute Gasteiger partial charge is 0.229 e. The molecule has 0 amide bonds. The highest BCUT2D eigenvalue weighted by Gasteiger charge is 2.34. The molecule has 1 saturated heterocycles. The Morgan fingerprint density at radius 2 is 2.19 bits per heavy atom. The van der Waals surface area contributed by atoms with Crippen LogP contribution in [-0.2, 0) is 9.84 Å². The molecule has 1 aliphatic rings. The molecule has 0 saturated carbocycles. The van der Waals surface area contributed by atoms with Crippen molar-refractivity contribution in [1.82, 2.24) is 0 Å². The summed E-state index contributed by atoms with van der Waals surface area (Å²) < 4.78 is 22.9. The smallest absolute Gasteiger partial charge is 0.150 e. The number of alkyl halides is 1. The van der Waals surface area contributed by atoms with Crippen LogP contribution in [0.15, 0.2) is 6.07 Å². The van der Waals surface area contributed by atoms with Crippen LogP contribution in [0.2, 0.25) is 0 Å². The topological polar surface area (TPSA) is 34.1 Å². The summed E-state index contributed by atoms with van der Waals surface area (Å²) in [4.78, 5) is 2.77. The second-order valence-electron chi connectivity index (χ2n) is 4.43. The fourth-order valence-electron chi connectivity index (χ4n) is 2.23. The Morgan fingerprint density at radius 1 is 1.50 bits per heavy atom. The van der Waals surface area contributed by atoms with Crippen LogP contribution >= 0.6 is 27.3 Å². The Morgan fingerprint density at radius 3 is 2.62 bits per heavy atom. The molecule has 2 rings (SSSR count). The predicted octanol–water partition coefficient (Wildman–Crippen LogP) is 3.24. The molecule has 2 heterocycles. The Hall–Kier alpha value is 0.130. The zero-order valence-electron chi connectivity index (χ0n) is 9.36. The lowest BCUT2D eigenvalue weighted by molar-refractivity contribution is 0.579. The molecule has 0 N–H and O–H groups in total. The minimum atomic E-state index is -2.78. The maximum absolute atomic E-state index is 11.4. The van der Waals surface area contributed by atoms with Gasteiger partial charge in [0.25, 0.3) is 0 Å². The van der Waals surface area contributed by atoms with Gasteiger partial charge in [-0.15, -0.1) is 11.3 Å². The van der Waals surface area contributed by atoms with Crippen LogP contribution in [-0.4, -0.2) is 19.9 Å². The van der Waals surface area contributed by atoms with Gasteiger partial charge >= 0.3 is 0 Å². The van der Waals surface area contributed by atoms with Crippen LogP contribution in [0, 0.1) is 19.8 Å². The molecule has 1 fully saturated rings. The van der Waals surface area contributed by atoms with E-state index >= 15 is 0 Å². The number of sulfone groups is 1. The molecule has 0 aromatic carbocycles. The first-order valence-electron chi connectivity index (χ1n) is 5.30. The van der Waals surface area contributed by atoms with Gasteiger partial charge in [0, 0.05) is 14.6 Å². The highest BCUT2D eigenvalue weighted by molar-refractivity contribution is 9.09. The lowest BCUT2D eigenvalue weighted by atomic mass is 9.99. The molecule has 0 spiro atoms. The summed E-state index contributed by atoms with van der Waals surface area (Å²) in [6, 6.07) is 2.17. The van der Waals surface area contributed by atoms with E-state index in [9.17, 15) is 8.42 Å². The molecular weight excluding hydrogens is 308 g/mol. The molecule has 1 aliphatic heterocycles. The summed E-state index contributed by atoms with van der Waals surface area (Å²) in [5.41, 5.74) is 1.27. The second kappa shape index (κ2) is 4.42. The third-order valence-electron chi connectivity index (χ3n) is 3.06. The van der Waals surface area contributed by atoms with Gasteiger partial charge in [-0.1, -0.05) is 15.9 Å². The zero-order chi connectivity index (χ0) is 11.9. The summed E-state index contributed by atoms with van der Waals surface area (Å²) in [6.45, 7) is 4.19. The monoisotopic (exact) mass is 322 g/mol. The van der Waals surface area contributed by atoms with Gasteiger partial charge in [0.05, 0.1) is 11.5 Å². The summed E-state index contributed by atoms with van der Waals surface area (Å²) in [7, 11) is -2.78. The van der Waals surface area contributed by atoms with Gasteiger partial charge in [0.1, 0.15) is 0 Å². The Labute approximate surface area is 109 Å². The maximum atomic E-state index is 11.4. The maximum Gasteiger partial charge on any atom is 0.150 e. The van der Waals surface area contributed by atoms with E-state index in [1.54, 1.807) is 11.3 Å². The van der Waals surface area contributed by atoms with Crippen LogP contribution in [0.3, 0.4) is 0 Å². The van der Waals surface area contributed by atoms with Gasteiger partial charge in [-0.3, -0.25) is 0 Å². The highest BCUT2D eigenvalue weighted by Crippen LogP contribution is 2.41. The van der Waals surface area contributed by atoms with E-state index in [0.29, 0.717) is 11.5 Å². The summed E-state index contributed by atoms with van der Waals surface area (Å²) >= 11 is 5.45. The van der Waals surface area contributed by atoms with E-state index in [0.717, 1.165) is 6.42 Å². The van der Waals surface area contributed by atoms with Gasteiger partial charge in [-0.05, 0) is 37.8 Å². The Balaban J connectivity index is 2.20. The van der Waals surface area contributed by atoms with E-state index in [1.807, 2.05) is 0 Å². The molecule has 0 bridgehead atoms. The first kappa shape index (κ1) is 12.6. The van der Waals surface area contributed by atoms with Gasteiger partial charge < -0.3 is 0 Å². The predicted molar refractivity (Wildman–Crippen MR) is 72.2 cm³/mol. The first-order chi connectivity index (χ1) is 7.39. The molecule has 90 valence electrons. The van der Waals surface area contributed by atoms with Crippen LogP contribution in [0.25, 0.3) is 0 Å². The van der Waals surface area contributed by atoms with Crippen LogP contribution in [0.1, 0.15) is 26.6 Å². The van der Waals surface area contributed by atoms with Crippen molar-refractivity contribution in [2.75, 3.05) is 11.5 Å². The number of rotatable bonds is 2. The summed E-state index contributed by atoms with van der Waals surface area (Å²) in [5, 5.41) is 0. The molecule has 0 aliphatic carbocycles. The first-order valence-corrected chi connectivity index (χ1v) is 8.86. The van der Waals surface area contributed by atoms with Crippen molar-refractivity contribution >= 4 is 37.1 Å². The normalized spacial score (nSPS) is 25.8. The van der Waals surface area contributed by atoms with Crippen LogP contribution in [0.4, 0.5) is 0 Å². The fourth-order valence-corrected chi connectivity index (χ4v) is 6.37. The second-order valence-corrected chi connectivity index (χ2v) is 9.11. The molecule has 2 nitrogen and oxygen atoms in total. The average molecular weight is 323 g/mol. The molecule has 5 heteroatoms. The molecular formula is C11H15BrO2S2. The van der Waals surface area contributed by atoms with Crippen molar-refractivity contribution in [2.24, 2.45) is 5.92 Å². The number of halogens is 1. The molecule has 1 aromatic rings. The van der Waals surface area contributed by atoms with Crippen molar-refractivity contribution < 1.29 is 8.42 Å². The molecule has 2 atom stereocenters. The van der Waals surface area contributed by atoms with Crippen molar-refractivity contribution in [3.63, 3.8) is 0 Å². The fraction of sp³-hybridized carbons (Fsp3) is 0.636. The van der Waals surface area contributed by atoms with E-state index < -0.39 is 9.84 Å². The zero-order valence-corrected chi connectivity index (χ0v) is 12.6. The Kier molecular flexibility index (Phi) is 3.48. The van der Waals surface area contributed by atoms with E-state index in [4.69, 9.17) is 0 Å². The van der Waals surface area contributed by atoms with Crippen LogP contribution < -0.4 is 0 Å². The van der Waals surface area contributed by atoms with E-state index in [2.05, 4.69) is 35.8 Å². The van der Waals surface area contributed by atoms with Gasteiger partial charge in [0.2, 0.25) is 0 Å².